The third-order valence-corrected chi connectivity index (χ3v) is 3.54. The Hall–Kier alpha value is -3.68. The lowest BCUT2D eigenvalue weighted by Crippen LogP contribution is -1.96. The number of rotatable bonds is 3. The molecule has 4 N–H and O–H groups in total. The van der Waals surface area contributed by atoms with Gasteiger partial charge in [0.2, 0.25) is 0 Å². The molecule has 3 aromatic heterocycles. The van der Waals surface area contributed by atoms with Crippen LogP contribution in [0, 0.1) is 0 Å². The summed E-state index contributed by atoms with van der Waals surface area (Å²) >= 11 is 0. The van der Waals surface area contributed by atoms with Gasteiger partial charge in [0, 0.05) is 18.1 Å². The molecule has 8 heteroatoms. The van der Waals surface area contributed by atoms with E-state index < -0.39 is 0 Å². The summed E-state index contributed by atoms with van der Waals surface area (Å²) in [6.45, 7) is 0. The summed E-state index contributed by atoms with van der Waals surface area (Å²) in [5.74, 6) is 0.196. The maximum absolute atomic E-state index is 10.1. The van der Waals surface area contributed by atoms with E-state index >= 15 is 0 Å². The van der Waals surface area contributed by atoms with Crippen molar-refractivity contribution in [3.05, 3.63) is 48.8 Å². The zero-order chi connectivity index (χ0) is 16.5. The molecule has 4 rings (SSSR count). The van der Waals surface area contributed by atoms with E-state index in [2.05, 4.69) is 30.7 Å². The first-order valence-electron chi connectivity index (χ1n) is 7.13. The van der Waals surface area contributed by atoms with Gasteiger partial charge in [0.15, 0.2) is 5.65 Å². The zero-order valence-electron chi connectivity index (χ0n) is 12.3. The molecule has 118 valence electrons. The average molecular weight is 320 g/mol. The van der Waals surface area contributed by atoms with E-state index in [0.29, 0.717) is 28.1 Å². The normalized spacial score (nSPS) is 10.8. The Kier molecular flexibility index (Phi) is 3.20. The number of pyridine rings is 1. The van der Waals surface area contributed by atoms with E-state index in [1.807, 2.05) is 0 Å². The fourth-order valence-corrected chi connectivity index (χ4v) is 2.44. The quantitative estimate of drug-likeness (QED) is 0.428. The molecular weight excluding hydrogens is 308 g/mol. The van der Waals surface area contributed by atoms with Gasteiger partial charge in [0.25, 0.3) is 0 Å². The fourth-order valence-electron chi connectivity index (χ4n) is 2.44. The molecule has 0 saturated heterocycles. The Morgan fingerprint density at radius 2 is 1.79 bits per heavy atom. The van der Waals surface area contributed by atoms with Gasteiger partial charge in [-0.15, -0.1) is 10.2 Å². The van der Waals surface area contributed by atoms with Crippen LogP contribution in [-0.2, 0) is 0 Å². The van der Waals surface area contributed by atoms with E-state index in [1.165, 1.54) is 6.07 Å². The molecule has 0 atom stereocenters. The number of benzene rings is 1. The highest BCUT2D eigenvalue weighted by molar-refractivity contribution is 6.01. The van der Waals surface area contributed by atoms with Crippen LogP contribution in [0.3, 0.4) is 0 Å². The SMILES string of the molecule is Oc1ccc(Nc2c[nH]c3nnnc(-c4ncccc4O)c23)cc1. The molecule has 24 heavy (non-hydrogen) atoms. The number of nitrogens with zero attached hydrogens (tertiary/aromatic N) is 4. The lowest BCUT2D eigenvalue weighted by molar-refractivity contribution is 0.474. The Bertz CT molecular complexity index is 1010. The molecule has 8 nitrogen and oxygen atoms in total. The van der Waals surface area contributed by atoms with Crippen LogP contribution in [0.2, 0.25) is 0 Å². The molecule has 0 fully saturated rings. The maximum atomic E-state index is 10.1. The molecule has 0 aliphatic heterocycles. The van der Waals surface area contributed by atoms with Gasteiger partial charge in [-0.3, -0.25) is 4.98 Å². The molecule has 0 saturated carbocycles. The molecule has 0 radical (unpaired) electrons. The first kappa shape index (κ1) is 13.9. The predicted octanol–water partition coefficient (Wildman–Crippen LogP) is 2.57. The summed E-state index contributed by atoms with van der Waals surface area (Å²) < 4.78 is 0. The number of hydrogen-bond acceptors (Lipinski definition) is 7. The lowest BCUT2D eigenvalue weighted by atomic mass is 10.1. The van der Waals surface area contributed by atoms with Crippen molar-refractivity contribution < 1.29 is 10.2 Å². The van der Waals surface area contributed by atoms with Crippen molar-refractivity contribution in [1.82, 2.24) is 25.4 Å². The summed E-state index contributed by atoms with van der Waals surface area (Å²) in [6, 6.07) is 9.83. The predicted molar refractivity (Wildman–Crippen MR) is 88.0 cm³/mol. The second-order valence-electron chi connectivity index (χ2n) is 5.11. The number of phenolic OH excluding ortho intramolecular Hbond substituents is 1. The van der Waals surface area contributed by atoms with E-state index in [-0.39, 0.29) is 11.5 Å². The Labute approximate surface area is 135 Å². The number of anilines is 2. The standard InChI is InChI=1S/C16H12N6O2/c23-10-5-3-9(4-6-10)19-11-8-18-16-13(11)15(20-22-21-16)14-12(24)2-1-7-17-14/h1-8,19,23-24H,(H,18,20,21). The van der Waals surface area contributed by atoms with Crippen molar-refractivity contribution in [2.24, 2.45) is 0 Å². The van der Waals surface area contributed by atoms with Gasteiger partial charge in [0.1, 0.15) is 22.9 Å². The van der Waals surface area contributed by atoms with Gasteiger partial charge < -0.3 is 20.5 Å². The molecule has 0 amide bonds. The van der Waals surface area contributed by atoms with Crippen LogP contribution >= 0.6 is 0 Å². The molecule has 0 unspecified atom stereocenters. The number of nitrogens with one attached hydrogen (secondary N) is 2. The van der Waals surface area contributed by atoms with Crippen LogP contribution in [0.5, 0.6) is 11.5 Å². The van der Waals surface area contributed by atoms with Crippen molar-refractivity contribution in [1.29, 1.82) is 0 Å². The summed E-state index contributed by atoms with van der Waals surface area (Å²) in [5, 5.41) is 35.1. The highest BCUT2D eigenvalue weighted by Crippen LogP contribution is 2.34. The van der Waals surface area contributed by atoms with E-state index in [1.54, 1.807) is 42.7 Å². The minimum absolute atomic E-state index is 0.0103. The largest absolute Gasteiger partial charge is 0.508 e. The van der Waals surface area contributed by atoms with Crippen molar-refractivity contribution in [3.63, 3.8) is 0 Å². The fraction of sp³-hybridized carbons (Fsp3) is 0. The number of H-pyrrole nitrogens is 1. The van der Waals surface area contributed by atoms with Crippen LogP contribution in [0.4, 0.5) is 11.4 Å². The van der Waals surface area contributed by atoms with Crippen molar-refractivity contribution in [2.75, 3.05) is 5.32 Å². The molecule has 0 aliphatic carbocycles. The van der Waals surface area contributed by atoms with E-state index in [9.17, 15) is 10.2 Å². The number of aromatic nitrogens is 5. The minimum atomic E-state index is 0.0103. The average Bonchev–Trinajstić information content (AvgIpc) is 3.01. The van der Waals surface area contributed by atoms with E-state index in [4.69, 9.17) is 0 Å². The summed E-state index contributed by atoms with van der Waals surface area (Å²) in [7, 11) is 0. The van der Waals surface area contributed by atoms with Crippen molar-refractivity contribution in [3.8, 4) is 22.9 Å². The molecule has 0 spiro atoms. The summed E-state index contributed by atoms with van der Waals surface area (Å²) in [5.41, 5.74) is 2.75. The van der Waals surface area contributed by atoms with Gasteiger partial charge >= 0.3 is 0 Å². The van der Waals surface area contributed by atoms with Gasteiger partial charge in [-0.1, -0.05) is 0 Å². The van der Waals surface area contributed by atoms with Crippen molar-refractivity contribution >= 4 is 22.4 Å². The number of hydrogen-bond donors (Lipinski definition) is 4. The Morgan fingerprint density at radius 3 is 2.58 bits per heavy atom. The number of fused-ring (bicyclic) bond motifs is 1. The maximum Gasteiger partial charge on any atom is 0.166 e. The molecule has 3 heterocycles. The van der Waals surface area contributed by atoms with Gasteiger partial charge in [-0.25, -0.2) is 0 Å². The van der Waals surface area contributed by atoms with Gasteiger partial charge in [-0.2, -0.15) is 0 Å². The lowest BCUT2D eigenvalue weighted by Gasteiger charge is -2.07. The van der Waals surface area contributed by atoms with Crippen molar-refractivity contribution in [2.45, 2.75) is 0 Å². The summed E-state index contributed by atoms with van der Waals surface area (Å²) in [4.78, 5) is 7.20. The van der Waals surface area contributed by atoms with E-state index in [0.717, 1.165) is 5.69 Å². The number of phenols is 1. The van der Waals surface area contributed by atoms with Crippen LogP contribution < -0.4 is 5.32 Å². The van der Waals surface area contributed by atoms with Crippen LogP contribution in [0.25, 0.3) is 22.4 Å². The number of aromatic hydroxyl groups is 2. The third kappa shape index (κ3) is 2.35. The first-order valence-corrected chi connectivity index (χ1v) is 7.13. The second-order valence-corrected chi connectivity index (χ2v) is 5.11. The molecule has 1 aromatic carbocycles. The smallest absolute Gasteiger partial charge is 0.166 e. The topological polar surface area (TPSA) is 120 Å². The van der Waals surface area contributed by atoms with Gasteiger partial charge in [0.05, 0.1) is 11.1 Å². The van der Waals surface area contributed by atoms with Gasteiger partial charge in [-0.05, 0) is 41.6 Å². The minimum Gasteiger partial charge on any atom is -0.508 e. The second kappa shape index (κ2) is 5.51. The highest BCUT2D eigenvalue weighted by atomic mass is 16.3. The molecule has 0 aliphatic rings. The third-order valence-electron chi connectivity index (χ3n) is 3.54. The highest BCUT2D eigenvalue weighted by Gasteiger charge is 2.17. The monoisotopic (exact) mass is 320 g/mol. The first-order chi connectivity index (χ1) is 11.7. The Balaban J connectivity index is 1.86. The Morgan fingerprint density at radius 1 is 0.958 bits per heavy atom. The van der Waals surface area contributed by atoms with Crippen LogP contribution in [-0.4, -0.2) is 35.6 Å². The molecular formula is C16H12N6O2. The molecule has 4 aromatic rings. The van der Waals surface area contributed by atoms with Crippen LogP contribution in [0.15, 0.2) is 48.8 Å². The summed E-state index contributed by atoms with van der Waals surface area (Å²) in [6.07, 6.45) is 3.31. The zero-order valence-corrected chi connectivity index (χ0v) is 12.3. The van der Waals surface area contributed by atoms with Crippen LogP contribution in [0.1, 0.15) is 0 Å². The molecule has 0 bridgehead atoms. The number of aromatic amines is 1.